The Morgan fingerprint density at radius 1 is 0.931 bits per heavy atom. The van der Waals surface area contributed by atoms with Gasteiger partial charge in [0, 0.05) is 17.8 Å². The van der Waals surface area contributed by atoms with Crippen LogP contribution in [0.1, 0.15) is 37.8 Å². The molecule has 0 unspecified atom stereocenters. The highest BCUT2D eigenvalue weighted by molar-refractivity contribution is 5.96. The van der Waals surface area contributed by atoms with E-state index in [2.05, 4.69) is 19.2 Å². The molecular formula is C23H27NO5. The van der Waals surface area contributed by atoms with Gasteiger partial charge in [-0.05, 0) is 54.3 Å². The molecule has 0 aliphatic heterocycles. The first-order valence-corrected chi connectivity index (χ1v) is 9.35. The number of nitrogens with one attached hydrogen (secondary N) is 1. The fourth-order valence-corrected chi connectivity index (χ4v) is 2.55. The smallest absolute Gasteiger partial charge is 0.331 e. The van der Waals surface area contributed by atoms with Crippen LogP contribution in [0.15, 0.2) is 48.5 Å². The van der Waals surface area contributed by atoms with Gasteiger partial charge in [-0.3, -0.25) is 4.79 Å². The highest BCUT2D eigenvalue weighted by atomic mass is 16.5. The van der Waals surface area contributed by atoms with Crippen molar-refractivity contribution in [2.24, 2.45) is 0 Å². The molecule has 0 heterocycles. The molecule has 1 atom stereocenters. The number of carbonyl (C=O) groups is 2. The lowest BCUT2D eigenvalue weighted by Gasteiger charge is -2.13. The molecule has 1 amide bonds. The second-order valence-electron chi connectivity index (χ2n) is 6.82. The first-order valence-electron chi connectivity index (χ1n) is 9.35. The zero-order chi connectivity index (χ0) is 21.4. The summed E-state index contributed by atoms with van der Waals surface area (Å²) < 4.78 is 15.6. The molecule has 2 rings (SSSR count). The molecule has 0 saturated heterocycles. The second kappa shape index (κ2) is 10.3. The van der Waals surface area contributed by atoms with Gasteiger partial charge in [0.1, 0.15) is 11.5 Å². The standard InChI is InChI=1S/C23H27NO5/c1-15(2)18-7-9-19(10-8-18)24-23(26)16(3)29-22(25)11-6-17-12-20(27-4)14-21(13-17)28-5/h6-16H,1-5H3,(H,24,26)/b11-6+/t16-/m1/s1. The number of anilines is 1. The monoisotopic (exact) mass is 397 g/mol. The zero-order valence-corrected chi connectivity index (χ0v) is 17.4. The van der Waals surface area contributed by atoms with E-state index in [-0.39, 0.29) is 0 Å². The van der Waals surface area contributed by atoms with Crippen molar-refractivity contribution in [1.82, 2.24) is 0 Å². The van der Waals surface area contributed by atoms with Gasteiger partial charge in [-0.1, -0.05) is 26.0 Å². The average molecular weight is 397 g/mol. The third-order valence-corrected chi connectivity index (χ3v) is 4.29. The van der Waals surface area contributed by atoms with Crippen molar-refractivity contribution in [2.45, 2.75) is 32.8 Å². The predicted molar refractivity (Wildman–Crippen MR) is 113 cm³/mol. The van der Waals surface area contributed by atoms with Crippen LogP contribution < -0.4 is 14.8 Å². The van der Waals surface area contributed by atoms with Crippen molar-refractivity contribution in [1.29, 1.82) is 0 Å². The molecule has 2 aromatic rings. The minimum atomic E-state index is -0.934. The van der Waals surface area contributed by atoms with Crippen LogP contribution in [0.25, 0.3) is 6.08 Å². The Morgan fingerprint density at radius 2 is 1.52 bits per heavy atom. The van der Waals surface area contributed by atoms with Gasteiger partial charge < -0.3 is 19.5 Å². The lowest BCUT2D eigenvalue weighted by molar-refractivity contribution is -0.148. The maximum Gasteiger partial charge on any atom is 0.331 e. The lowest BCUT2D eigenvalue weighted by Crippen LogP contribution is -2.29. The van der Waals surface area contributed by atoms with Crippen LogP contribution in [0.4, 0.5) is 5.69 Å². The van der Waals surface area contributed by atoms with Gasteiger partial charge in [-0.2, -0.15) is 0 Å². The second-order valence-corrected chi connectivity index (χ2v) is 6.82. The SMILES string of the molecule is COc1cc(/C=C/C(=O)O[C@H](C)C(=O)Nc2ccc(C(C)C)cc2)cc(OC)c1. The Kier molecular flexibility index (Phi) is 7.83. The van der Waals surface area contributed by atoms with E-state index >= 15 is 0 Å². The van der Waals surface area contributed by atoms with Gasteiger partial charge >= 0.3 is 5.97 Å². The van der Waals surface area contributed by atoms with Crippen molar-refractivity contribution in [3.05, 3.63) is 59.7 Å². The number of esters is 1. The van der Waals surface area contributed by atoms with Crippen LogP contribution in [0, 0.1) is 0 Å². The van der Waals surface area contributed by atoms with E-state index in [4.69, 9.17) is 14.2 Å². The molecule has 29 heavy (non-hydrogen) atoms. The maximum atomic E-state index is 12.3. The summed E-state index contributed by atoms with van der Waals surface area (Å²) in [5.74, 6) is 0.606. The first-order chi connectivity index (χ1) is 13.8. The van der Waals surface area contributed by atoms with E-state index in [1.54, 1.807) is 38.5 Å². The van der Waals surface area contributed by atoms with Gasteiger partial charge in [-0.15, -0.1) is 0 Å². The molecule has 2 aromatic carbocycles. The summed E-state index contributed by atoms with van der Waals surface area (Å²) in [4.78, 5) is 24.3. The number of benzene rings is 2. The Labute approximate surface area is 171 Å². The van der Waals surface area contributed by atoms with Crippen LogP contribution in [-0.2, 0) is 14.3 Å². The summed E-state index contributed by atoms with van der Waals surface area (Å²) in [5.41, 5.74) is 2.54. The number of ether oxygens (including phenoxy) is 3. The molecule has 0 bridgehead atoms. The van der Waals surface area contributed by atoms with Crippen LogP contribution >= 0.6 is 0 Å². The van der Waals surface area contributed by atoms with Crippen molar-refractivity contribution in [2.75, 3.05) is 19.5 Å². The topological polar surface area (TPSA) is 73.9 Å². The zero-order valence-electron chi connectivity index (χ0n) is 17.4. The molecular weight excluding hydrogens is 370 g/mol. The van der Waals surface area contributed by atoms with Crippen LogP contribution in [0.3, 0.4) is 0 Å². The minimum Gasteiger partial charge on any atom is -0.497 e. The molecule has 0 aromatic heterocycles. The Hall–Kier alpha value is -3.28. The molecule has 6 nitrogen and oxygen atoms in total. The average Bonchev–Trinajstić information content (AvgIpc) is 2.72. The molecule has 0 spiro atoms. The van der Waals surface area contributed by atoms with Crippen LogP contribution in [0.5, 0.6) is 11.5 Å². The number of hydrogen-bond donors (Lipinski definition) is 1. The minimum absolute atomic E-state index is 0.396. The maximum absolute atomic E-state index is 12.3. The van der Waals surface area contributed by atoms with Crippen LogP contribution in [-0.4, -0.2) is 32.2 Å². The molecule has 6 heteroatoms. The fraction of sp³-hybridized carbons (Fsp3) is 0.304. The Morgan fingerprint density at radius 3 is 2.03 bits per heavy atom. The Bertz CT molecular complexity index is 849. The number of amides is 1. The van der Waals surface area contributed by atoms with Gasteiger partial charge in [0.2, 0.25) is 0 Å². The third kappa shape index (κ3) is 6.68. The van der Waals surface area contributed by atoms with Gasteiger partial charge in [-0.25, -0.2) is 4.79 Å². The highest BCUT2D eigenvalue weighted by Gasteiger charge is 2.16. The molecule has 0 radical (unpaired) electrons. The summed E-state index contributed by atoms with van der Waals surface area (Å²) in [5, 5.41) is 2.74. The molecule has 1 N–H and O–H groups in total. The van der Waals surface area contributed by atoms with Gasteiger partial charge in [0.25, 0.3) is 5.91 Å². The summed E-state index contributed by atoms with van der Waals surface area (Å²) in [7, 11) is 3.10. The number of carbonyl (C=O) groups excluding carboxylic acids is 2. The van der Waals surface area contributed by atoms with Crippen molar-refractivity contribution < 1.29 is 23.8 Å². The fourth-order valence-electron chi connectivity index (χ4n) is 2.55. The summed E-state index contributed by atoms with van der Waals surface area (Å²) in [6, 6.07) is 12.8. The van der Waals surface area contributed by atoms with Gasteiger partial charge in [0.15, 0.2) is 6.10 Å². The van der Waals surface area contributed by atoms with Crippen LogP contribution in [0.2, 0.25) is 0 Å². The molecule has 0 fully saturated rings. The summed E-state index contributed by atoms with van der Waals surface area (Å²) in [6.07, 6.45) is 1.90. The largest absolute Gasteiger partial charge is 0.497 e. The van der Waals surface area contributed by atoms with E-state index in [1.165, 1.54) is 18.6 Å². The lowest BCUT2D eigenvalue weighted by atomic mass is 10.0. The number of methoxy groups -OCH3 is 2. The van der Waals surface area contributed by atoms with E-state index in [1.807, 2.05) is 24.3 Å². The predicted octanol–water partition coefficient (Wildman–Crippen LogP) is 4.41. The third-order valence-electron chi connectivity index (χ3n) is 4.29. The van der Waals surface area contributed by atoms with Gasteiger partial charge in [0.05, 0.1) is 14.2 Å². The van der Waals surface area contributed by atoms with E-state index in [0.717, 1.165) is 0 Å². The van der Waals surface area contributed by atoms with E-state index < -0.39 is 18.0 Å². The quantitative estimate of drug-likeness (QED) is 0.528. The van der Waals surface area contributed by atoms with Crippen molar-refractivity contribution in [3.8, 4) is 11.5 Å². The summed E-state index contributed by atoms with van der Waals surface area (Å²) >= 11 is 0. The molecule has 0 saturated carbocycles. The first kappa shape index (κ1) is 22.0. The summed E-state index contributed by atoms with van der Waals surface area (Å²) in [6.45, 7) is 5.73. The molecule has 0 aliphatic carbocycles. The van der Waals surface area contributed by atoms with E-state index in [0.29, 0.717) is 28.7 Å². The number of hydrogen-bond acceptors (Lipinski definition) is 5. The Balaban J connectivity index is 1.94. The van der Waals surface area contributed by atoms with Crippen molar-refractivity contribution >= 4 is 23.6 Å². The number of rotatable bonds is 8. The molecule has 154 valence electrons. The molecule has 0 aliphatic rings. The van der Waals surface area contributed by atoms with E-state index in [9.17, 15) is 9.59 Å². The highest BCUT2D eigenvalue weighted by Crippen LogP contribution is 2.23. The normalized spacial score (nSPS) is 11.9. The van der Waals surface area contributed by atoms with Crippen molar-refractivity contribution in [3.63, 3.8) is 0 Å².